The lowest BCUT2D eigenvalue weighted by atomic mass is 10.0. The molecule has 0 bridgehead atoms. The number of aliphatic hydroxyl groups excluding tert-OH is 1. The van der Waals surface area contributed by atoms with Crippen LogP contribution in [0.2, 0.25) is 0 Å². The molecular weight excluding hydrogens is 435 g/mol. The van der Waals surface area contributed by atoms with Gasteiger partial charge in [-0.05, 0) is 24.0 Å². The molecule has 0 aliphatic rings. The molecule has 1 unspecified atom stereocenters. The molecule has 0 aliphatic heterocycles. The molecule has 1 atom stereocenters. The van der Waals surface area contributed by atoms with Crippen molar-refractivity contribution < 1.29 is 18.3 Å². The summed E-state index contributed by atoms with van der Waals surface area (Å²) < 4.78 is 40.4. The third-order valence-corrected chi connectivity index (χ3v) is 6.02. The lowest BCUT2D eigenvalue weighted by Gasteiger charge is -2.19. The Labute approximate surface area is 180 Å². The van der Waals surface area contributed by atoms with Gasteiger partial charge in [0.25, 0.3) is 0 Å². The minimum absolute atomic E-state index is 0.0513. The smallest absolute Gasteiger partial charge is 0.394 e. The number of nitrogens with one attached hydrogen (secondary N) is 1. The van der Waals surface area contributed by atoms with E-state index in [0.717, 1.165) is 24.2 Å². The summed E-state index contributed by atoms with van der Waals surface area (Å²) in [4.78, 5) is 13.0. The zero-order valence-corrected chi connectivity index (χ0v) is 18.0. The number of anilines is 2. The molecule has 0 amide bonds. The minimum Gasteiger partial charge on any atom is -0.394 e. The number of thioether (sulfide) groups is 1. The fourth-order valence-corrected chi connectivity index (χ4v) is 4.56. The number of nitrogens with two attached hydrogens (primary N) is 1. The second kappa shape index (κ2) is 9.36. The van der Waals surface area contributed by atoms with Crippen molar-refractivity contribution in [3.8, 4) is 0 Å². The predicted octanol–water partition coefficient (Wildman–Crippen LogP) is 4.80. The third-order valence-electron chi connectivity index (χ3n) is 4.25. The number of halogens is 3. The second-order valence-electron chi connectivity index (χ2n) is 7.16. The Hall–Kier alpha value is -2.11. The number of nitrogen functional groups attached to an aromatic ring is 1. The van der Waals surface area contributed by atoms with Gasteiger partial charge in [0.2, 0.25) is 0 Å². The summed E-state index contributed by atoms with van der Waals surface area (Å²) in [6.07, 6.45) is -3.71. The highest BCUT2D eigenvalue weighted by Gasteiger charge is 2.32. The number of aromatic nitrogens is 3. The molecule has 162 valence electrons. The Balaban J connectivity index is 1.89. The number of fused-ring (bicyclic) bond motifs is 1. The fourth-order valence-electron chi connectivity index (χ4n) is 2.99. The maximum Gasteiger partial charge on any atom is 0.416 e. The summed E-state index contributed by atoms with van der Waals surface area (Å²) >= 11 is 2.31. The SMILES string of the molecule is CC(C)CC(CO)Nc1nc(SCc2ccccc2C(F)(F)F)nc2nc(N)sc12. The molecule has 3 rings (SSSR count). The maximum absolute atomic E-state index is 13.2. The average molecular weight is 458 g/mol. The molecule has 1 aromatic carbocycles. The highest BCUT2D eigenvalue weighted by Crippen LogP contribution is 2.36. The van der Waals surface area contributed by atoms with E-state index in [1.807, 2.05) is 13.8 Å². The molecule has 0 radical (unpaired) electrons. The molecule has 0 spiro atoms. The molecule has 6 nitrogen and oxygen atoms in total. The molecule has 30 heavy (non-hydrogen) atoms. The van der Waals surface area contributed by atoms with Crippen molar-refractivity contribution >= 4 is 44.4 Å². The predicted molar refractivity (Wildman–Crippen MR) is 115 cm³/mol. The van der Waals surface area contributed by atoms with Crippen LogP contribution in [0.25, 0.3) is 10.3 Å². The molecule has 2 heterocycles. The van der Waals surface area contributed by atoms with E-state index in [0.29, 0.717) is 27.2 Å². The summed E-state index contributed by atoms with van der Waals surface area (Å²) in [7, 11) is 0. The Morgan fingerprint density at radius 1 is 1.20 bits per heavy atom. The van der Waals surface area contributed by atoms with Crippen LogP contribution >= 0.6 is 23.1 Å². The number of hydrogen-bond donors (Lipinski definition) is 3. The lowest BCUT2D eigenvalue weighted by Crippen LogP contribution is -2.26. The van der Waals surface area contributed by atoms with Crippen molar-refractivity contribution in [1.82, 2.24) is 15.0 Å². The van der Waals surface area contributed by atoms with E-state index in [-0.39, 0.29) is 29.1 Å². The van der Waals surface area contributed by atoms with Crippen LogP contribution in [0.1, 0.15) is 31.4 Å². The molecule has 0 fully saturated rings. The van der Waals surface area contributed by atoms with Crippen molar-refractivity contribution in [2.75, 3.05) is 17.7 Å². The first-order valence-electron chi connectivity index (χ1n) is 9.26. The van der Waals surface area contributed by atoms with Gasteiger partial charge in [0.15, 0.2) is 21.8 Å². The van der Waals surface area contributed by atoms with Gasteiger partial charge in [-0.15, -0.1) is 0 Å². The van der Waals surface area contributed by atoms with Crippen LogP contribution in [-0.2, 0) is 11.9 Å². The maximum atomic E-state index is 13.2. The van der Waals surface area contributed by atoms with Crippen LogP contribution in [0, 0.1) is 5.92 Å². The van der Waals surface area contributed by atoms with Gasteiger partial charge in [-0.3, -0.25) is 0 Å². The van der Waals surface area contributed by atoms with Gasteiger partial charge in [-0.1, -0.05) is 55.1 Å². The Morgan fingerprint density at radius 3 is 2.60 bits per heavy atom. The molecule has 2 aromatic heterocycles. The van der Waals surface area contributed by atoms with Gasteiger partial charge in [0.05, 0.1) is 18.2 Å². The highest BCUT2D eigenvalue weighted by atomic mass is 32.2. The van der Waals surface area contributed by atoms with Crippen LogP contribution in [0.3, 0.4) is 0 Å². The van der Waals surface area contributed by atoms with Crippen molar-refractivity contribution in [3.05, 3.63) is 35.4 Å². The number of benzene rings is 1. The molecule has 0 saturated heterocycles. The number of rotatable bonds is 8. The van der Waals surface area contributed by atoms with Crippen LogP contribution in [0.15, 0.2) is 29.4 Å². The summed E-state index contributed by atoms with van der Waals surface area (Å²) in [5, 5.41) is 13.5. The molecule has 0 saturated carbocycles. The molecule has 3 aromatic rings. The van der Waals surface area contributed by atoms with Crippen molar-refractivity contribution in [3.63, 3.8) is 0 Å². The van der Waals surface area contributed by atoms with Gasteiger partial charge in [0.1, 0.15) is 4.70 Å². The number of alkyl halides is 3. The van der Waals surface area contributed by atoms with E-state index >= 15 is 0 Å². The van der Waals surface area contributed by atoms with Gasteiger partial charge < -0.3 is 16.2 Å². The Kier molecular flexibility index (Phi) is 7.04. The van der Waals surface area contributed by atoms with Gasteiger partial charge >= 0.3 is 6.18 Å². The minimum atomic E-state index is -4.43. The normalized spacial score (nSPS) is 13.2. The fraction of sp³-hybridized carbons (Fsp3) is 0.421. The van der Waals surface area contributed by atoms with Crippen molar-refractivity contribution in [1.29, 1.82) is 0 Å². The largest absolute Gasteiger partial charge is 0.416 e. The third kappa shape index (κ3) is 5.52. The van der Waals surface area contributed by atoms with E-state index in [2.05, 4.69) is 20.3 Å². The van der Waals surface area contributed by atoms with Gasteiger partial charge in [0, 0.05) is 5.75 Å². The number of thiazole rings is 1. The Morgan fingerprint density at radius 2 is 1.93 bits per heavy atom. The molecule has 4 N–H and O–H groups in total. The van der Waals surface area contributed by atoms with Crippen LogP contribution in [0.5, 0.6) is 0 Å². The van der Waals surface area contributed by atoms with E-state index < -0.39 is 11.7 Å². The number of nitrogens with zero attached hydrogens (tertiary/aromatic N) is 3. The highest BCUT2D eigenvalue weighted by molar-refractivity contribution is 7.98. The first kappa shape index (κ1) is 22.6. The topological polar surface area (TPSA) is 97.0 Å². The first-order valence-corrected chi connectivity index (χ1v) is 11.1. The monoisotopic (exact) mass is 457 g/mol. The van der Waals surface area contributed by atoms with E-state index in [9.17, 15) is 18.3 Å². The van der Waals surface area contributed by atoms with Gasteiger partial charge in [-0.2, -0.15) is 13.2 Å². The van der Waals surface area contributed by atoms with Crippen LogP contribution < -0.4 is 11.1 Å². The van der Waals surface area contributed by atoms with Gasteiger partial charge in [-0.25, -0.2) is 15.0 Å². The van der Waals surface area contributed by atoms with Crippen LogP contribution in [-0.4, -0.2) is 32.7 Å². The molecular formula is C19H22F3N5OS2. The standard InChI is InChI=1S/C19H22F3N5OS2/c1-10(2)7-12(8-28)24-15-14-16(25-17(23)30-14)27-18(26-15)29-9-11-5-3-4-6-13(11)19(20,21)22/h3-6,10,12,28H,7-9H2,1-2H3,(H3,23,24,25,26,27). The van der Waals surface area contributed by atoms with E-state index in [1.165, 1.54) is 23.5 Å². The van der Waals surface area contributed by atoms with Crippen LogP contribution in [0.4, 0.5) is 24.1 Å². The Bertz CT molecular complexity index is 1010. The first-order chi connectivity index (χ1) is 14.2. The van der Waals surface area contributed by atoms with E-state index in [1.54, 1.807) is 6.07 Å². The summed E-state index contributed by atoms with van der Waals surface area (Å²) in [5.74, 6) is 0.877. The zero-order valence-electron chi connectivity index (χ0n) is 16.4. The molecule has 11 heteroatoms. The van der Waals surface area contributed by atoms with E-state index in [4.69, 9.17) is 5.73 Å². The quantitative estimate of drug-likeness (QED) is 0.330. The van der Waals surface area contributed by atoms with Crippen molar-refractivity contribution in [2.24, 2.45) is 5.92 Å². The number of aliphatic hydroxyl groups is 1. The average Bonchev–Trinajstić information content (AvgIpc) is 3.05. The molecule has 0 aliphatic carbocycles. The summed E-state index contributed by atoms with van der Waals surface area (Å²) in [6.45, 7) is 4.01. The lowest BCUT2D eigenvalue weighted by molar-refractivity contribution is -0.138. The number of hydrogen-bond acceptors (Lipinski definition) is 8. The second-order valence-corrected chi connectivity index (χ2v) is 9.13. The zero-order chi connectivity index (χ0) is 21.9. The summed E-state index contributed by atoms with van der Waals surface area (Å²) in [5.41, 5.74) is 5.67. The van der Waals surface area contributed by atoms with Crippen molar-refractivity contribution in [2.45, 2.75) is 43.4 Å². The summed E-state index contributed by atoms with van der Waals surface area (Å²) in [6, 6.07) is 5.21.